The van der Waals surface area contributed by atoms with Crippen LogP contribution in [0.5, 0.6) is 0 Å². The number of carbonyl (C=O) groups is 1. The molecule has 0 fully saturated rings. The maximum absolute atomic E-state index is 10.7. The fraction of sp³-hybridized carbons (Fsp3) is 0.471. The Hall–Kier alpha value is -1.88. The molecule has 23 heavy (non-hydrogen) atoms. The highest BCUT2D eigenvalue weighted by Gasteiger charge is 2.24. The molecule has 0 aromatic carbocycles. The minimum Gasteiger partial charge on any atom is -0.364 e. The zero-order chi connectivity index (χ0) is 16.9. The molecule has 0 saturated heterocycles. The predicted octanol–water partition coefficient (Wildman–Crippen LogP) is 3.43. The van der Waals surface area contributed by atoms with Gasteiger partial charge in [0, 0.05) is 35.8 Å². The summed E-state index contributed by atoms with van der Waals surface area (Å²) in [7, 11) is 0. The number of halogens is 1. The van der Waals surface area contributed by atoms with Crippen LogP contribution in [-0.2, 0) is 4.79 Å². The summed E-state index contributed by atoms with van der Waals surface area (Å²) in [6.45, 7) is 7.01. The van der Waals surface area contributed by atoms with E-state index in [4.69, 9.17) is 11.6 Å². The lowest BCUT2D eigenvalue weighted by atomic mass is 9.88. The van der Waals surface area contributed by atoms with Crippen molar-refractivity contribution < 1.29 is 4.79 Å². The lowest BCUT2D eigenvalue weighted by Crippen LogP contribution is -2.39. The first-order valence-corrected chi connectivity index (χ1v) is 8.12. The lowest BCUT2D eigenvalue weighted by Gasteiger charge is -2.31. The topological polar surface area (TPSA) is 66.4 Å². The van der Waals surface area contributed by atoms with Gasteiger partial charge in [0.15, 0.2) is 0 Å². The van der Waals surface area contributed by atoms with Crippen LogP contribution >= 0.6 is 11.6 Å². The first-order chi connectivity index (χ1) is 10.9. The molecule has 6 heteroatoms. The summed E-state index contributed by atoms with van der Waals surface area (Å²) in [6, 6.07) is 3.57. The Bertz CT molecular complexity index is 619. The Labute approximate surface area is 142 Å². The number of hydrogen-bond donors (Lipinski definition) is 2. The van der Waals surface area contributed by atoms with Gasteiger partial charge in [0.25, 0.3) is 0 Å². The van der Waals surface area contributed by atoms with E-state index in [1.807, 2.05) is 0 Å². The Morgan fingerprint density at radius 1 is 1.48 bits per heavy atom. The van der Waals surface area contributed by atoms with Crippen molar-refractivity contribution in [3.8, 4) is 0 Å². The minimum atomic E-state index is 0.00832. The molecule has 1 atom stereocenters. The molecule has 1 aromatic rings. The van der Waals surface area contributed by atoms with Gasteiger partial charge in [-0.1, -0.05) is 32.4 Å². The van der Waals surface area contributed by atoms with Crippen molar-refractivity contribution in [2.45, 2.75) is 39.7 Å². The van der Waals surface area contributed by atoms with E-state index in [1.54, 1.807) is 18.3 Å². The average Bonchev–Trinajstić information content (AvgIpc) is 2.43. The van der Waals surface area contributed by atoms with Crippen molar-refractivity contribution in [3.05, 3.63) is 35.1 Å². The number of allylic oxidation sites excluding steroid dienone is 1. The molecule has 0 saturated carbocycles. The number of nitrogens with zero attached hydrogens (tertiary/aromatic N) is 2. The largest absolute Gasteiger partial charge is 0.364 e. The lowest BCUT2D eigenvalue weighted by molar-refractivity contribution is -0.107. The third-order valence-corrected chi connectivity index (χ3v) is 3.87. The molecular weight excluding hydrogens is 312 g/mol. The molecule has 5 nitrogen and oxygen atoms in total. The van der Waals surface area contributed by atoms with Crippen molar-refractivity contribution in [1.82, 2.24) is 10.3 Å². The van der Waals surface area contributed by atoms with Crippen LogP contribution in [0.15, 0.2) is 35.1 Å². The highest BCUT2D eigenvalue weighted by Crippen LogP contribution is 2.26. The fourth-order valence-corrected chi connectivity index (χ4v) is 2.31. The first-order valence-electron chi connectivity index (χ1n) is 7.74. The third kappa shape index (κ3) is 5.06. The Balaban J connectivity index is 1.99. The van der Waals surface area contributed by atoms with E-state index in [1.165, 1.54) is 5.70 Å². The second kappa shape index (κ2) is 7.59. The number of aliphatic imine (C=N–C) groups is 1. The van der Waals surface area contributed by atoms with Crippen LogP contribution in [-0.4, -0.2) is 29.7 Å². The van der Waals surface area contributed by atoms with Crippen LogP contribution in [0, 0.1) is 5.41 Å². The van der Waals surface area contributed by atoms with E-state index in [-0.39, 0.29) is 11.5 Å². The van der Waals surface area contributed by atoms with E-state index in [9.17, 15) is 4.79 Å². The normalized spacial score (nSPS) is 17.0. The van der Waals surface area contributed by atoms with Gasteiger partial charge < -0.3 is 15.4 Å². The summed E-state index contributed by atoms with van der Waals surface area (Å²) in [4.78, 5) is 19.4. The smallest absolute Gasteiger partial charge is 0.145 e. The molecule has 0 spiro atoms. The fourth-order valence-electron chi connectivity index (χ4n) is 2.13. The predicted molar refractivity (Wildman–Crippen MR) is 94.9 cm³/mol. The maximum atomic E-state index is 10.7. The van der Waals surface area contributed by atoms with Crippen molar-refractivity contribution >= 4 is 29.5 Å². The van der Waals surface area contributed by atoms with Gasteiger partial charge in [-0.05, 0) is 18.6 Å². The van der Waals surface area contributed by atoms with Crippen LogP contribution in [0.25, 0.3) is 0 Å². The van der Waals surface area contributed by atoms with Gasteiger partial charge in [0.1, 0.15) is 17.9 Å². The summed E-state index contributed by atoms with van der Waals surface area (Å²) < 4.78 is 0. The van der Waals surface area contributed by atoms with Crippen LogP contribution in [0.4, 0.5) is 5.82 Å². The molecule has 0 bridgehead atoms. The molecule has 1 unspecified atom stereocenters. The molecule has 2 heterocycles. The molecule has 1 aromatic heterocycles. The quantitative estimate of drug-likeness (QED) is 0.750. The molecule has 2 rings (SSSR count). The monoisotopic (exact) mass is 334 g/mol. The highest BCUT2D eigenvalue weighted by atomic mass is 35.5. The highest BCUT2D eigenvalue weighted by molar-refractivity contribution is 6.32. The number of pyridine rings is 1. The number of nitrogens with one attached hydrogen (secondary N) is 2. The maximum Gasteiger partial charge on any atom is 0.145 e. The van der Waals surface area contributed by atoms with Crippen LogP contribution in [0.3, 0.4) is 0 Å². The van der Waals surface area contributed by atoms with Crippen molar-refractivity contribution in [2.75, 3.05) is 11.9 Å². The van der Waals surface area contributed by atoms with Gasteiger partial charge in [-0.2, -0.15) is 0 Å². The van der Waals surface area contributed by atoms with Crippen molar-refractivity contribution in [3.63, 3.8) is 0 Å². The molecule has 1 aliphatic rings. The summed E-state index contributed by atoms with van der Waals surface area (Å²) in [5.74, 6) is 1.50. The summed E-state index contributed by atoms with van der Waals surface area (Å²) in [6.07, 6.45) is 5.82. The van der Waals surface area contributed by atoms with Crippen LogP contribution in [0.1, 0.15) is 33.6 Å². The van der Waals surface area contributed by atoms with E-state index < -0.39 is 0 Å². The van der Waals surface area contributed by atoms with Gasteiger partial charge in [-0.25, -0.2) is 4.98 Å². The Morgan fingerprint density at radius 3 is 2.83 bits per heavy atom. The summed E-state index contributed by atoms with van der Waals surface area (Å²) in [5.41, 5.74) is 1.29. The number of amidine groups is 1. The molecule has 2 N–H and O–H groups in total. The second-order valence-electron chi connectivity index (χ2n) is 6.58. The van der Waals surface area contributed by atoms with Gasteiger partial charge in [0.2, 0.25) is 0 Å². The Morgan fingerprint density at radius 2 is 2.22 bits per heavy atom. The van der Waals surface area contributed by atoms with E-state index >= 15 is 0 Å². The SMILES string of the molecule is CC(C)(C)C1=CC(=NCC(CCC=O)Nc2ncccc2Cl)N1. The molecule has 0 aliphatic carbocycles. The van der Waals surface area contributed by atoms with Gasteiger partial charge >= 0.3 is 0 Å². The standard InChI is InChI=1S/C17H23ClN4O/c1-17(2,3)14-10-15(22-14)20-11-12(6-5-9-23)21-16-13(18)7-4-8-19-16/h4,7-10,12H,5-6,11H2,1-3H3,(H,19,21)(H,20,22). The zero-order valence-electron chi connectivity index (χ0n) is 13.8. The van der Waals surface area contributed by atoms with E-state index in [2.05, 4.69) is 47.5 Å². The van der Waals surface area contributed by atoms with Crippen molar-refractivity contribution in [1.29, 1.82) is 0 Å². The number of aromatic nitrogens is 1. The molecule has 0 radical (unpaired) electrons. The number of aldehydes is 1. The van der Waals surface area contributed by atoms with Gasteiger partial charge in [0.05, 0.1) is 11.6 Å². The van der Waals surface area contributed by atoms with Crippen molar-refractivity contribution in [2.24, 2.45) is 10.4 Å². The second-order valence-corrected chi connectivity index (χ2v) is 6.99. The number of anilines is 1. The molecule has 1 aliphatic heterocycles. The van der Waals surface area contributed by atoms with E-state index in [0.717, 1.165) is 12.1 Å². The summed E-state index contributed by atoms with van der Waals surface area (Å²) >= 11 is 6.12. The summed E-state index contributed by atoms with van der Waals surface area (Å²) in [5, 5.41) is 7.11. The molecular formula is C17H23ClN4O. The zero-order valence-corrected chi connectivity index (χ0v) is 14.5. The molecule has 124 valence electrons. The number of carbonyl (C=O) groups excluding carboxylic acids is 1. The molecule has 0 amide bonds. The minimum absolute atomic E-state index is 0.00832. The first kappa shape index (κ1) is 17.5. The number of hydrogen-bond acceptors (Lipinski definition) is 4. The van der Waals surface area contributed by atoms with Crippen LogP contribution < -0.4 is 10.6 Å². The average molecular weight is 335 g/mol. The van der Waals surface area contributed by atoms with Crippen LogP contribution in [0.2, 0.25) is 5.02 Å². The van der Waals surface area contributed by atoms with Gasteiger partial charge in [-0.15, -0.1) is 0 Å². The van der Waals surface area contributed by atoms with E-state index in [0.29, 0.717) is 30.2 Å². The number of rotatable bonds is 7. The Kier molecular flexibility index (Phi) is 5.77. The third-order valence-electron chi connectivity index (χ3n) is 3.57. The van der Waals surface area contributed by atoms with Gasteiger partial charge in [-0.3, -0.25) is 4.99 Å².